The molecule has 2 rings (SSSR count). The largest absolute Gasteiger partial charge is 0.377 e. The average molecular weight is 253 g/mol. The lowest BCUT2D eigenvalue weighted by molar-refractivity contribution is 0.0650. The lowest BCUT2D eigenvalue weighted by Crippen LogP contribution is -2.48. The monoisotopic (exact) mass is 253 g/mol. The lowest BCUT2D eigenvalue weighted by Gasteiger charge is -2.34. The first-order chi connectivity index (χ1) is 8.60. The summed E-state index contributed by atoms with van der Waals surface area (Å²) in [5.41, 5.74) is 6.25. The van der Waals surface area contributed by atoms with Gasteiger partial charge in [-0.15, -0.1) is 0 Å². The highest BCUT2D eigenvalue weighted by atomic mass is 16.5. The van der Waals surface area contributed by atoms with E-state index in [0.29, 0.717) is 30.5 Å². The molecule has 1 fully saturated rings. The molecule has 1 aliphatic heterocycles. The fraction of sp³-hybridized carbons (Fsp3) is 0.667. The first-order valence-corrected chi connectivity index (χ1v) is 6.09. The Balaban J connectivity index is 2.05. The quantitative estimate of drug-likeness (QED) is 0.854. The molecule has 2 heterocycles. The first kappa shape index (κ1) is 13.0. The topological polar surface area (TPSA) is 81.6 Å². The summed E-state index contributed by atoms with van der Waals surface area (Å²) < 4.78 is 9.94. The minimum atomic E-state index is -0.122. The van der Waals surface area contributed by atoms with Gasteiger partial charge in [0.2, 0.25) is 0 Å². The molecule has 1 aromatic heterocycles. The van der Waals surface area contributed by atoms with Crippen molar-refractivity contribution in [1.82, 2.24) is 10.1 Å². The fourth-order valence-corrected chi connectivity index (χ4v) is 2.35. The summed E-state index contributed by atoms with van der Waals surface area (Å²) in [5.74, 6) is 0.848. The van der Waals surface area contributed by atoms with Crippen molar-refractivity contribution in [2.24, 2.45) is 11.7 Å². The second-order valence-electron chi connectivity index (χ2n) is 4.92. The van der Waals surface area contributed by atoms with Crippen LogP contribution >= 0.6 is 0 Å². The number of amides is 1. The molecule has 2 unspecified atom stereocenters. The smallest absolute Gasteiger partial charge is 0.276 e. The molecule has 1 saturated heterocycles. The van der Waals surface area contributed by atoms with Gasteiger partial charge in [-0.25, -0.2) is 0 Å². The van der Waals surface area contributed by atoms with Gasteiger partial charge >= 0.3 is 0 Å². The summed E-state index contributed by atoms with van der Waals surface area (Å²) in [6.07, 6.45) is 0.956. The Morgan fingerprint density at radius 3 is 3.11 bits per heavy atom. The molecular weight excluding hydrogens is 234 g/mol. The number of nitrogens with zero attached hydrogens (tertiary/aromatic N) is 2. The van der Waals surface area contributed by atoms with Crippen LogP contribution in [0.4, 0.5) is 0 Å². The van der Waals surface area contributed by atoms with Gasteiger partial charge in [-0.3, -0.25) is 4.79 Å². The molecule has 100 valence electrons. The Labute approximate surface area is 106 Å². The van der Waals surface area contributed by atoms with Gasteiger partial charge in [-0.05, 0) is 12.3 Å². The SMILES string of the molecule is COCc1cc(C(=O)N2CC(C)CC(N)C2)no1. The molecule has 0 aromatic carbocycles. The van der Waals surface area contributed by atoms with Crippen LogP contribution in [0.25, 0.3) is 0 Å². The molecule has 0 aliphatic carbocycles. The number of rotatable bonds is 3. The van der Waals surface area contributed by atoms with Gasteiger partial charge in [0.25, 0.3) is 5.91 Å². The second-order valence-corrected chi connectivity index (χ2v) is 4.92. The van der Waals surface area contributed by atoms with E-state index >= 15 is 0 Å². The number of hydrogen-bond donors (Lipinski definition) is 1. The number of nitrogens with two attached hydrogens (primary N) is 1. The summed E-state index contributed by atoms with van der Waals surface area (Å²) in [6.45, 7) is 3.71. The van der Waals surface area contributed by atoms with E-state index in [2.05, 4.69) is 12.1 Å². The van der Waals surface area contributed by atoms with Crippen LogP contribution in [0.1, 0.15) is 29.6 Å². The van der Waals surface area contributed by atoms with Crippen LogP contribution in [-0.2, 0) is 11.3 Å². The van der Waals surface area contributed by atoms with Crippen molar-refractivity contribution >= 4 is 5.91 Å². The highest BCUT2D eigenvalue weighted by Crippen LogP contribution is 2.17. The van der Waals surface area contributed by atoms with Crippen LogP contribution in [0.3, 0.4) is 0 Å². The van der Waals surface area contributed by atoms with Gasteiger partial charge in [0, 0.05) is 32.3 Å². The zero-order valence-electron chi connectivity index (χ0n) is 10.8. The minimum absolute atomic E-state index is 0.0445. The molecule has 0 spiro atoms. The first-order valence-electron chi connectivity index (χ1n) is 6.09. The van der Waals surface area contributed by atoms with Crippen molar-refractivity contribution < 1.29 is 14.1 Å². The molecule has 0 radical (unpaired) electrons. The van der Waals surface area contributed by atoms with Crippen molar-refractivity contribution in [1.29, 1.82) is 0 Å². The Bertz CT molecular complexity index is 408. The molecule has 1 amide bonds. The number of hydrogen-bond acceptors (Lipinski definition) is 5. The molecule has 2 N–H and O–H groups in total. The normalized spacial score (nSPS) is 24.3. The van der Waals surface area contributed by atoms with E-state index in [9.17, 15) is 4.79 Å². The molecule has 2 atom stereocenters. The fourth-order valence-electron chi connectivity index (χ4n) is 2.35. The Hall–Kier alpha value is -1.40. The second kappa shape index (κ2) is 5.49. The molecule has 0 saturated carbocycles. The van der Waals surface area contributed by atoms with Crippen molar-refractivity contribution in [3.05, 3.63) is 17.5 Å². The molecule has 1 aliphatic rings. The van der Waals surface area contributed by atoms with E-state index in [1.165, 1.54) is 0 Å². The molecule has 6 heteroatoms. The van der Waals surface area contributed by atoms with E-state index in [4.69, 9.17) is 15.0 Å². The Kier molecular flexibility index (Phi) is 3.98. The lowest BCUT2D eigenvalue weighted by atomic mass is 9.96. The van der Waals surface area contributed by atoms with E-state index in [1.807, 2.05) is 0 Å². The summed E-state index contributed by atoms with van der Waals surface area (Å²) in [7, 11) is 1.56. The number of ether oxygens (including phenoxy) is 1. The van der Waals surface area contributed by atoms with Crippen molar-refractivity contribution in [3.63, 3.8) is 0 Å². The molecule has 1 aromatic rings. The standard InChI is InChI=1S/C12H19N3O3/c1-8-3-9(13)6-15(5-8)12(16)11-4-10(7-17-2)18-14-11/h4,8-9H,3,5-7,13H2,1-2H3. The van der Waals surface area contributed by atoms with Crippen LogP contribution in [0.15, 0.2) is 10.6 Å². The highest BCUT2D eigenvalue weighted by Gasteiger charge is 2.28. The third-order valence-corrected chi connectivity index (χ3v) is 3.04. The van der Waals surface area contributed by atoms with Crippen molar-refractivity contribution in [2.75, 3.05) is 20.2 Å². The zero-order valence-corrected chi connectivity index (χ0v) is 10.8. The van der Waals surface area contributed by atoms with Crippen molar-refractivity contribution in [3.8, 4) is 0 Å². The maximum atomic E-state index is 12.2. The Morgan fingerprint density at radius 2 is 2.44 bits per heavy atom. The molecular formula is C12H19N3O3. The maximum Gasteiger partial charge on any atom is 0.276 e. The zero-order chi connectivity index (χ0) is 13.1. The van der Waals surface area contributed by atoms with E-state index in [1.54, 1.807) is 18.1 Å². The van der Waals surface area contributed by atoms with Gasteiger partial charge in [-0.2, -0.15) is 0 Å². The third-order valence-electron chi connectivity index (χ3n) is 3.04. The molecule has 6 nitrogen and oxygen atoms in total. The van der Waals surface area contributed by atoms with Gasteiger partial charge in [0.05, 0.1) is 0 Å². The van der Waals surface area contributed by atoms with Gasteiger partial charge in [0.1, 0.15) is 6.61 Å². The summed E-state index contributed by atoms with van der Waals surface area (Å²) >= 11 is 0. The third kappa shape index (κ3) is 2.88. The predicted octanol–water partition coefficient (Wildman–Crippen LogP) is 0.630. The number of carbonyl (C=O) groups is 1. The number of aromatic nitrogens is 1. The van der Waals surface area contributed by atoms with Crippen LogP contribution in [0, 0.1) is 5.92 Å². The molecule has 0 bridgehead atoms. The highest BCUT2D eigenvalue weighted by molar-refractivity contribution is 5.92. The average Bonchev–Trinajstić information content (AvgIpc) is 2.76. The predicted molar refractivity (Wildman–Crippen MR) is 64.9 cm³/mol. The van der Waals surface area contributed by atoms with Gasteiger partial charge in [-0.1, -0.05) is 12.1 Å². The summed E-state index contributed by atoms with van der Waals surface area (Å²) in [4.78, 5) is 14.0. The number of piperidine rings is 1. The molecule has 18 heavy (non-hydrogen) atoms. The van der Waals surface area contributed by atoms with E-state index < -0.39 is 0 Å². The van der Waals surface area contributed by atoms with Crippen molar-refractivity contribution in [2.45, 2.75) is 26.0 Å². The Morgan fingerprint density at radius 1 is 1.67 bits per heavy atom. The van der Waals surface area contributed by atoms with Crippen LogP contribution in [0.5, 0.6) is 0 Å². The van der Waals surface area contributed by atoms with Crippen LogP contribution in [0.2, 0.25) is 0 Å². The summed E-state index contributed by atoms with van der Waals surface area (Å²) in [6, 6.07) is 1.67. The minimum Gasteiger partial charge on any atom is -0.377 e. The van der Waals surface area contributed by atoms with Crippen LogP contribution < -0.4 is 5.73 Å². The number of methoxy groups -OCH3 is 1. The number of likely N-dealkylation sites (tertiary alicyclic amines) is 1. The summed E-state index contributed by atoms with van der Waals surface area (Å²) in [5, 5.41) is 3.77. The van der Waals surface area contributed by atoms with Gasteiger partial charge in [0.15, 0.2) is 11.5 Å². The maximum absolute atomic E-state index is 12.2. The van der Waals surface area contributed by atoms with Gasteiger partial charge < -0.3 is 19.9 Å². The number of carbonyl (C=O) groups excluding carboxylic acids is 1. The van der Waals surface area contributed by atoms with Crippen LogP contribution in [-0.4, -0.2) is 42.2 Å². The van der Waals surface area contributed by atoms with E-state index in [-0.39, 0.29) is 11.9 Å². The van der Waals surface area contributed by atoms with E-state index in [0.717, 1.165) is 13.0 Å².